The van der Waals surface area contributed by atoms with Gasteiger partial charge in [0.1, 0.15) is 17.1 Å². The van der Waals surface area contributed by atoms with Gasteiger partial charge in [0.25, 0.3) is 0 Å². The second kappa shape index (κ2) is 7.85. The highest BCUT2D eigenvalue weighted by Gasteiger charge is 2.76. The number of hydrogen-bond acceptors (Lipinski definition) is 6. The van der Waals surface area contributed by atoms with Crippen LogP contribution in [0.1, 0.15) is 22.6 Å². The van der Waals surface area contributed by atoms with Crippen LogP contribution in [0.2, 0.25) is 0 Å². The van der Waals surface area contributed by atoms with Crippen molar-refractivity contribution in [1.82, 2.24) is 4.98 Å². The zero-order valence-corrected chi connectivity index (χ0v) is 19.2. The molecule has 2 aliphatic rings. The third-order valence-corrected chi connectivity index (χ3v) is 7.66. The molecule has 2 aromatic carbocycles. The van der Waals surface area contributed by atoms with Gasteiger partial charge >= 0.3 is 0 Å². The minimum atomic E-state index is -1.55. The fourth-order valence-corrected chi connectivity index (χ4v) is 6.21. The molecule has 1 fully saturated rings. The molecule has 7 heteroatoms. The first-order valence-electron chi connectivity index (χ1n) is 10.6. The van der Waals surface area contributed by atoms with Gasteiger partial charge in [-0.05, 0) is 29.8 Å². The van der Waals surface area contributed by atoms with Crippen LogP contribution in [0.15, 0.2) is 71.5 Å². The van der Waals surface area contributed by atoms with Crippen molar-refractivity contribution >= 4 is 15.9 Å². The van der Waals surface area contributed by atoms with Crippen molar-refractivity contribution < 1.29 is 19.7 Å². The van der Waals surface area contributed by atoms with E-state index >= 15 is 0 Å². The Labute approximate surface area is 195 Å². The number of methoxy groups -OCH3 is 1. The lowest BCUT2D eigenvalue weighted by atomic mass is 9.70. The summed E-state index contributed by atoms with van der Waals surface area (Å²) in [5, 5.41) is 23.3. The van der Waals surface area contributed by atoms with Gasteiger partial charge in [-0.3, -0.25) is 4.98 Å². The van der Waals surface area contributed by atoms with Crippen molar-refractivity contribution in [3.05, 3.63) is 88.2 Å². The molecule has 1 aliphatic carbocycles. The fourth-order valence-electron chi connectivity index (χ4n) is 5.95. The monoisotopic (exact) mass is 496 g/mol. The molecule has 32 heavy (non-hydrogen) atoms. The van der Waals surface area contributed by atoms with Gasteiger partial charge in [0.05, 0.1) is 25.1 Å². The Bertz CT molecular complexity index is 1130. The van der Waals surface area contributed by atoms with Crippen LogP contribution in [-0.2, 0) is 11.2 Å². The van der Waals surface area contributed by atoms with Gasteiger partial charge in [0.2, 0.25) is 0 Å². The van der Waals surface area contributed by atoms with E-state index < -0.39 is 17.1 Å². The standard InChI is InChI=1S/C25H25BrN2O4/c1-31-20-12-28-13-21-23(20)24(30)19(11-27)18(14-29)22(15-5-3-2-4-6-15)25(24,32-21)16-7-9-17(26)10-8-16/h2-10,12-13,18-19,22,29-30H,11,14,27H2,1H3. The van der Waals surface area contributed by atoms with Gasteiger partial charge in [0.15, 0.2) is 5.60 Å². The summed E-state index contributed by atoms with van der Waals surface area (Å²) in [6.45, 7) is 0.0196. The SMILES string of the molecule is COc1cncc2c1C1(O)C(CN)C(CO)C(c3ccccc3)C1(c1ccc(Br)cc1)O2. The lowest BCUT2D eigenvalue weighted by Crippen LogP contribution is -2.51. The van der Waals surface area contributed by atoms with Crippen LogP contribution in [0.3, 0.4) is 0 Å². The molecule has 166 valence electrons. The molecule has 1 aliphatic heterocycles. The average molecular weight is 497 g/mol. The molecule has 0 bridgehead atoms. The average Bonchev–Trinajstić information content (AvgIpc) is 3.21. The highest BCUT2D eigenvalue weighted by atomic mass is 79.9. The van der Waals surface area contributed by atoms with Gasteiger partial charge in [0, 0.05) is 28.8 Å². The molecule has 0 saturated heterocycles. The largest absolute Gasteiger partial charge is 0.495 e. The third-order valence-electron chi connectivity index (χ3n) is 7.13. The van der Waals surface area contributed by atoms with E-state index in [4.69, 9.17) is 15.2 Å². The molecule has 2 heterocycles. The molecule has 0 amide bonds. The lowest BCUT2D eigenvalue weighted by Gasteiger charge is -2.41. The summed E-state index contributed by atoms with van der Waals surface area (Å²) in [5.41, 5.74) is 5.81. The van der Waals surface area contributed by atoms with Crippen molar-refractivity contribution in [1.29, 1.82) is 0 Å². The number of hydrogen-bond donors (Lipinski definition) is 3. The van der Waals surface area contributed by atoms with Crippen molar-refractivity contribution in [2.24, 2.45) is 17.6 Å². The topological polar surface area (TPSA) is 97.8 Å². The van der Waals surface area contributed by atoms with Crippen molar-refractivity contribution in [3.8, 4) is 11.5 Å². The van der Waals surface area contributed by atoms with Gasteiger partial charge in [-0.15, -0.1) is 0 Å². The van der Waals surface area contributed by atoms with E-state index in [1.807, 2.05) is 54.6 Å². The summed E-state index contributed by atoms with van der Waals surface area (Å²) in [7, 11) is 1.55. The Morgan fingerprint density at radius 3 is 2.47 bits per heavy atom. The predicted octanol–water partition coefficient (Wildman–Crippen LogP) is 3.31. The molecule has 0 spiro atoms. The summed E-state index contributed by atoms with van der Waals surface area (Å²) in [6.07, 6.45) is 3.19. The highest BCUT2D eigenvalue weighted by molar-refractivity contribution is 9.10. The van der Waals surface area contributed by atoms with Crippen LogP contribution >= 0.6 is 15.9 Å². The number of pyridine rings is 1. The quantitative estimate of drug-likeness (QED) is 0.501. The summed E-state index contributed by atoms with van der Waals surface area (Å²) in [5.74, 6) is -0.301. The van der Waals surface area contributed by atoms with E-state index in [0.29, 0.717) is 17.1 Å². The molecule has 5 unspecified atom stereocenters. The van der Waals surface area contributed by atoms with Crippen molar-refractivity contribution in [2.45, 2.75) is 17.1 Å². The van der Waals surface area contributed by atoms with E-state index in [1.54, 1.807) is 19.5 Å². The summed E-state index contributed by atoms with van der Waals surface area (Å²) < 4.78 is 13.3. The van der Waals surface area contributed by atoms with E-state index in [0.717, 1.165) is 15.6 Å². The number of rotatable bonds is 5. The Morgan fingerprint density at radius 1 is 1.12 bits per heavy atom. The van der Waals surface area contributed by atoms with Gasteiger partial charge in [-0.2, -0.15) is 0 Å². The van der Waals surface area contributed by atoms with Crippen LogP contribution in [0, 0.1) is 11.8 Å². The first kappa shape index (κ1) is 21.4. The van der Waals surface area contributed by atoms with E-state index in [9.17, 15) is 10.2 Å². The van der Waals surface area contributed by atoms with Gasteiger partial charge < -0.3 is 25.4 Å². The van der Waals surface area contributed by atoms with E-state index in [2.05, 4.69) is 20.9 Å². The maximum Gasteiger partial charge on any atom is 0.174 e. The van der Waals surface area contributed by atoms with E-state index in [1.165, 1.54) is 0 Å². The van der Waals surface area contributed by atoms with Crippen LogP contribution < -0.4 is 15.2 Å². The Kier molecular flexibility index (Phi) is 5.25. The first-order chi connectivity index (χ1) is 15.5. The van der Waals surface area contributed by atoms with Crippen LogP contribution in [0.5, 0.6) is 11.5 Å². The van der Waals surface area contributed by atoms with E-state index in [-0.39, 0.29) is 25.0 Å². The third kappa shape index (κ3) is 2.65. The van der Waals surface area contributed by atoms with Crippen molar-refractivity contribution in [3.63, 3.8) is 0 Å². The second-order valence-electron chi connectivity index (χ2n) is 8.40. The number of aromatic nitrogens is 1. The number of halogens is 1. The second-order valence-corrected chi connectivity index (χ2v) is 9.32. The number of nitrogens with two attached hydrogens (primary N) is 1. The predicted molar refractivity (Wildman–Crippen MR) is 123 cm³/mol. The lowest BCUT2D eigenvalue weighted by molar-refractivity contribution is -0.127. The molecule has 3 aromatic rings. The van der Waals surface area contributed by atoms with Gasteiger partial charge in [-0.1, -0.05) is 58.4 Å². The van der Waals surface area contributed by atoms with Crippen LogP contribution in [0.25, 0.3) is 0 Å². The summed E-state index contributed by atoms with van der Waals surface area (Å²) >= 11 is 3.51. The number of fused-ring (bicyclic) bond motifs is 3. The minimum Gasteiger partial charge on any atom is -0.495 e. The first-order valence-corrected chi connectivity index (χ1v) is 11.4. The zero-order chi connectivity index (χ0) is 22.5. The summed E-state index contributed by atoms with van der Waals surface area (Å²) in [6, 6.07) is 17.6. The Balaban J connectivity index is 1.88. The molecule has 0 radical (unpaired) electrons. The maximum absolute atomic E-state index is 12.7. The normalized spacial score (nSPS) is 30.5. The molecule has 6 nitrogen and oxygen atoms in total. The Morgan fingerprint density at radius 2 is 1.84 bits per heavy atom. The number of aliphatic hydroxyl groups excluding tert-OH is 1. The molecule has 1 aromatic heterocycles. The summed E-state index contributed by atoms with van der Waals surface area (Å²) in [4.78, 5) is 4.26. The van der Waals surface area contributed by atoms with Crippen LogP contribution in [0.4, 0.5) is 0 Å². The van der Waals surface area contributed by atoms with Crippen molar-refractivity contribution in [2.75, 3.05) is 20.3 Å². The number of benzene rings is 2. The molecule has 5 atom stereocenters. The number of aliphatic hydroxyl groups is 2. The minimum absolute atomic E-state index is 0.145. The highest BCUT2D eigenvalue weighted by Crippen LogP contribution is 2.71. The molecule has 1 saturated carbocycles. The Hall–Kier alpha value is -2.45. The molecule has 5 rings (SSSR count). The van der Waals surface area contributed by atoms with Crippen LogP contribution in [-0.4, -0.2) is 35.5 Å². The molecular weight excluding hydrogens is 472 g/mol. The molecular formula is C25H25BrN2O4. The fraction of sp³-hybridized carbons (Fsp3) is 0.320. The number of nitrogens with zero attached hydrogens (tertiary/aromatic N) is 1. The van der Waals surface area contributed by atoms with Gasteiger partial charge in [-0.25, -0.2) is 0 Å². The maximum atomic E-state index is 12.7. The number of ether oxygens (including phenoxy) is 2. The zero-order valence-electron chi connectivity index (χ0n) is 17.6. The smallest absolute Gasteiger partial charge is 0.174 e. The molecule has 4 N–H and O–H groups in total.